The van der Waals surface area contributed by atoms with Crippen LogP contribution in [0.5, 0.6) is 17.2 Å². The van der Waals surface area contributed by atoms with Gasteiger partial charge in [-0.05, 0) is 61.5 Å². The first-order valence-electron chi connectivity index (χ1n) is 11.1. The quantitative estimate of drug-likeness (QED) is 0.288. The van der Waals surface area contributed by atoms with Gasteiger partial charge >= 0.3 is 0 Å². The lowest BCUT2D eigenvalue weighted by molar-refractivity contribution is 0.269. The molecule has 0 atom stereocenters. The highest BCUT2D eigenvalue weighted by Crippen LogP contribution is 2.30. The number of aryl methyl sites for hydroxylation is 1. The summed E-state index contributed by atoms with van der Waals surface area (Å²) >= 11 is 5.44. The van der Waals surface area contributed by atoms with E-state index in [9.17, 15) is 0 Å². The Balaban J connectivity index is 1.51. The van der Waals surface area contributed by atoms with Crippen molar-refractivity contribution < 1.29 is 14.2 Å². The zero-order chi connectivity index (χ0) is 23.9. The van der Waals surface area contributed by atoms with Gasteiger partial charge in [0, 0.05) is 0 Å². The zero-order valence-corrected chi connectivity index (χ0v) is 20.3. The molecule has 8 heteroatoms. The van der Waals surface area contributed by atoms with Gasteiger partial charge in [0.2, 0.25) is 4.77 Å². The first kappa shape index (κ1) is 23.4. The molecule has 0 aliphatic carbocycles. The van der Waals surface area contributed by atoms with Gasteiger partial charge in [0.15, 0.2) is 17.3 Å². The smallest absolute Gasteiger partial charge is 0.214 e. The second-order valence-corrected chi connectivity index (χ2v) is 8.10. The summed E-state index contributed by atoms with van der Waals surface area (Å²) in [5, 5.41) is 7.24. The molecule has 0 saturated carbocycles. The number of hydrogen-bond donors (Lipinski definition) is 2. The third kappa shape index (κ3) is 5.40. The molecular weight excluding hydrogens is 448 g/mol. The molecule has 0 aliphatic heterocycles. The van der Waals surface area contributed by atoms with Gasteiger partial charge < -0.3 is 19.6 Å². The number of aromatic nitrogens is 3. The van der Waals surface area contributed by atoms with Gasteiger partial charge in [-0.1, -0.05) is 48.0 Å². The van der Waals surface area contributed by atoms with Gasteiger partial charge in [-0.25, -0.2) is 9.77 Å². The predicted octanol–water partition coefficient (Wildman–Crippen LogP) is 5.65. The Morgan fingerprint density at radius 2 is 1.79 bits per heavy atom. The molecule has 0 saturated heterocycles. The summed E-state index contributed by atoms with van der Waals surface area (Å²) in [6, 6.07) is 21.9. The molecule has 4 rings (SSSR count). The van der Waals surface area contributed by atoms with Crippen LogP contribution < -0.4 is 19.6 Å². The molecule has 0 radical (unpaired) electrons. The van der Waals surface area contributed by atoms with E-state index in [0.717, 1.165) is 16.7 Å². The van der Waals surface area contributed by atoms with E-state index in [-0.39, 0.29) is 0 Å². The molecule has 0 bridgehead atoms. The molecule has 0 unspecified atom stereocenters. The second-order valence-electron chi connectivity index (χ2n) is 7.71. The number of aromatic amines is 1. The monoisotopic (exact) mass is 476 g/mol. The van der Waals surface area contributed by atoms with Crippen molar-refractivity contribution in [2.75, 3.05) is 19.1 Å². The molecule has 1 heterocycles. The summed E-state index contributed by atoms with van der Waals surface area (Å²) < 4.78 is 19.6. The highest BCUT2D eigenvalue weighted by molar-refractivity contribution is 7.71. The van der Waals surface area contributed by atoms with Crippen LogP contribution >= 0.6 is 12.2 Å². The minimum absolute atomic E-state index is 0.462. The van der Waals surface area contributed by atoms with Crippen molar-refractivity contribution in [3.8, 4) is 28.6 Å². The Morgan fingerprint density at radius 3 is 2.59 bits per heavy atom. The number of benzene rings is 3. The average molecular weight is 477 g/mol. The lowest BCUT2D eigenvalue weighted by Gasteiger charge is -2.15. The number of rotatable bonds is 10. The molecule has 0 fully saturated rings. The fourth-order valence-electron chi connectivity index (χ4n) is 3.64. The number of nitrogens with one attached hydrogen (secondary N) is 2. The predicted molar refractivity (Wildman–Crippen MR) is 136 cm³/mol. The molecule has 0 aliphatic rings. The van der Waals surface area contributed by atoms with Crippen LogP contribution in [0.15, 0.2) is 66.7 Å². The normalized spacial score (nSPS) is 10.7. The SMILES string of the molecule is CCOc1cc(CNn2c(-c3ccccc3OC)n[nH]c2=S)ccc1OCc1cccc(C)c1. The maximum atomic E-state index is 6.06. The van der Waals surface area contributed by atoms with Crippen LogP contribution in [0.3, 0.4) is 0 Å². The standard InChI is InChI=1S/C26H28N4O3S/c1-4-32-24-15-19(12-13-23(24)33-17-20-9-7-8-18(2)14-20)16-27-30-25(28-29-26(30)34)21-10-5-6-11-22(21)31-3/h5-15,27H,4,16-17H2,1-3H3,(H,29,34). The van der Waals surface area contributed by atoms with Crippen molar-refractivity contribution in [3.63, 3.8) is 0 Å². The Hall–Kier alpha value is -3.78. The minimum Gasteiger partial charge on any atom is -0.496 e. The lowest BCUT2D eigenvalue weighted by atomic mass is 10.1. The largest absolute Gasteiger partial charge is 0.496 e. The molecule has 4 aromatic rings. The summed E-state index contributed by atoms with van der Waals surface area (Å²) in [4.78, 5) is 0. The molecule has 34 heavy (non-hydrogen) atoms. The van der Waals surface area contributed by atoms with E-state index in [1.54, 1.807) is 11.8 Å². The number of nitrogens with zero attached hydrogens (tertiary/aromatic N) is 2. The van der Waals surface area contributed by atoms with E-state index in [1.165, 1.54) is 5.56 Å². The molecule has 2 N–H and O–H groups in total. The summed E-state index contributed by atoms with van der Waals surface area (Å²) in [7, 11) is 1.63. The van der Waals surface area contributed by atoms with Crippen molar-refractivity contribution in [1.82, 2.24) is 14.9 Å². The topological polar surface area (TPSA) is 73.3 Å². The number of H-pyrrole nitrogens is 1. The first-order chi connectivity index (χ1) is 16.6. The highest BCUT2D eigenvalue weighted by atomic mass is 32.1. The van der Waals surface area contributed by atoms with E-state index in [1.807, 2.05) is 55.5 Å². The average Bonchev–Trinajstić information content (AvgIpc) is 3.22. The molecule has 0 spiro atoms. The number of methoxy groups -OCH3 is 1. The lowest BCUT2D eigenvalue weighted by Crippen LogP contribution is -2.16. The van der Waals surface area contributed by atoms with Crippen LogP contribution in [0.4, 0.5) is 0 Å². The summed E-state index contributed by atoms with van der Waals surface area (Å²) in [6.45, 7) is 5.56. The van der Waals surface area contributed by atoms with Crippen LogP contribution in [-0.4, -0.2) is 28.6 Å². The van der Waals surface area contributed by atoms with E-state index in [4.69, 9.17) is 26.4 Å². The molecular formula is C26H28N4O3S. The molecule has 7 nitrogen and oxygen atoms in total. The van der Waals surface area contributed by atoms with E-state index in [2.05, 4.69) is 40.7 Å². The molecule has 3 aromatic carbocycles. The van der Waals surface area contributed by atoms with Crippen LogP contribution in [0.25, 0.3) is 11.4 Å². The minimum atomic E-state index is 0.462. The van der Waals surface area contributed by atoms with Crippen molar-refractivity contribution >= 4 is 12.2 Å². The van der Waals surface area contributed by atoms with Crippen molar-refractivity contribution in [2.45, 2.75) is 27.0 Å². The van der Waals surface area contributed by atoms with E-state index < -0.39 is 0 Å². The third-order valence-corrected chi connectivity index (χ3v) is 5.52. The Labute approximate surface area is 204 Å². The summed E-state index contributed by atoms with van der Waals surface area (Å²) in [6.07, 6.45) is 0. The van der Waals surface area contributed by atoms with Gasteiger partial charge in [-0.2, -0.15) is 5.10 Å². The number of hydrogen-bond acceptors (Lipinski definition) is 6. The maximum Gasteiger partial charge on any atom is 0.214 e. The van der Waals surface area contributed by atoms with Crippen LogP contribution in [0.1, 0.15) is 23.6 Å². The van der Waals surface area contributed by atoms with E-state index in [0.29, 0.717) is 47.6 Å². The molecule has 176 valence electrons. The Morgan fingerprint density at radius 1 is 0.941 bits per heavy atom. The highest BCUT2D eigenvalue weighted by Gasteiger charge is 2.14. The van der Waals surface area contributed by atoms with E-state index >= 15 is 0 Å². The third-order valence-electron chi connectivity index (χ3n) is 5.25. The summed E-state index contributed by atoms with van der Waals surface area (Å²) in [5.74, 6) is 2.77. The Kier molecular flexibility index (Phi) is 7.49. The van der Waals surface area contributed by atoms with Crippen LogP contribution in [0, 0.1) is 11.7 Å². The fraction of sp³-hybridized carbons (Fsp3) is 0.231. The summed E-state index contributed by atoms with van der Waals surface area (Å²) in [5.41, 5.74) is 7.52. The van der Waals surface area contributed by atoms with Crippen molar-refractivity contribution in [3.05, 3.63) is 88.2 Å². The van der Waals surface area contributed by atoms with Gasteiger partial charge in [0.1, 0.15) is 12.4 Å². The number of para-hydroxylation sites is 1. The van der Waals surface area contributed by atoms with Crippen LogP contribution in [0.2, 0.25) is 0 Å². The van der Waals surface area contributed by atoms with Crippen molar-refractivity contribution in [1.29, 1.82) is 0 Å². The molecule has 1 aromatic heterocycles. The maximum absolute atomic E-state index is 6.06. The fourth-order valence-corrected chi connectivity index (χ4v) is 3.83. The van der Waals surface area contributed by atoms with Crippen molar-refractivity contribution in [2.24, 2.45) is 0 Å². The zero-order valence-electron chi connectivity index (χ0n) is 19.5. The van der Waals surface area contributed by atoms with Gasteiger partial charge in [-0.3, -0.25) is 0 Å². The number of ether oxygens (including phenoxy) is 3. The van der Waals surface area contributed by atoms with Gasteiger partial charge in [0.05, 0.1) is 25.8 Å². The first-order valence-corrected chi connectivity index (χ1v) is 11.5. The van der Waals surface area contributed by atoms with Crippen LogP contribution in [-0.2, 0) is 13.2 Å². The van der Waals surface area contributed by atoms with Gasteiger partial charge in [-0.15, -0.1) is 0 Å². The molecule has 0 amide bonds. The Bertz CT molecular complexity index is 1320. The van der Waals surface area contributed by atoms with Gasteiger partial charge in [0.25, 0.3) is 0 Å². The second kappa shape index (κ2) is 10.9.